The summed E-state index contributed by atoms with van der Waals surface area (Å²) in [4.78, 5) is 25.6. The number of carbonyl (C=O) groups excluding carboxylic acids is 2. The monoisotopic (exact) mass is 241 g/mol. The second kappa shape index (κ2) is 6.00. The van der Waals surface area contributed by atoms with Crippen LogP contribution in [0.5, 0.6) is 0 Å². The molecule has 0 spiro atoms. The van der Waals surface area contributed by atoms with Gasteiger partial charge in [0.25, 0.3) is 0 Å². The highest BCUT2D eigenvalue weighted by atomic mass is 16.2. The van der Waals surface area contributed by atoms with E-state index in [1.54, 1.807) is 20.9 Å². The summed E-state index contributed by atoms with van der Waals surface area (Å²) in [5.41, 5.74) is 0. The van der Waals surface area contributed by atoms with Crippen molar-refractivity contribution >= 4 is 11.8 Å². The van der Waals surface area contributed by atoms with E-state index in [1.807, 2.05) is 4.90 Å². The molecule has 1 aliphatic rings. The second-order valence-electron chi connectivity index (χ2n) is 4.76. The van der Waals surface area contributed by atoms with Crippen LogP contribution in [0.2, 0.25) is 0 Å². The third-order valence-corrected chi connectivity index (χ3v) is 3.39. The van der Waals surface area contributed by atoms with Crippen LogP contribution in [0.1, 0.15) is 33.6 Å². The van der Waals surface area contributed by atoms with Gasteiger partial charge >= 0.3 is 0 Å². The van der Waals surface area contributed by atoms with E-state index in [9.17, 15) is 9.59 Å². The number of rotatable bonds is 4. The molecule has 1 fully saturated rings. The summed E-state index contributed by atoms with van der Waals surface area (Å²) in [7, 11) is 1.72. The van der Waals surface area contributed by atoms with Gasteiger partial charge in [-0.15, -0.1) is 0 Å². The normalized spacial score (nSPS) is 23.3. The van der Waals surface area contributed by atoms with E-state index in [4.69, 9.17) is 0 Å². The average molecular weight is 241 g/mol. The van der Waals surface area contributed by atoms with E-state index in [0.29, 0.717) is 6.04 Å². The highest BCUT2D eigenvalue weighted by molar-refractivity contribution is 5.89. The second-order valence-corrected chi connectivity index (χ2v) is 4.76. The molecule has 0 radical (unpaired) electrons. The lowest BCUT2D eigenvalue weighted by Gasteiger charge is -2.26. The van der Waals surface area contributed by atoms with Crippen LogP contribution in [0.4, 0.5) is 0 Å². The fourth-order valence-corrected chi connectivity index (χ4v) is 2.04. The van der Waals surface area contributed by atoms with Crippen LogP contribution < -0.4 is 10.6 Å². The molecular formula is C12H23N3O2. The molecular weight excluding hydrogens is 218 g/mol. The number of likely N-dealkylation sites (tertiary alicyclic amines) is 1. The van der Waals surface area contributed by atoms with Gasteiger partial charge in [-0.3, -0.25) is 9.59 Å². The lowest BCUT2D eigenvalue weighted by Crippen LogP contribution is -2.51. The van der Waals surface area contributed by atoms with Gasteiger partial charge in [-0.1, -0.05) is 0 Å². The molecule has 3 atom stereocenters. The zero-order chi connectivity index (χ0) is 13.0. The van der Waals surface area contributed by atoms with Crippen molar-refractivity contribution in [3.05, 3.63) is 0 Å². The predicted octanol–water partition coefficient (Wildman–Crippen LogP) is 0.110. The fraction of sp³-hybridized carbons (Fsp3) is 0.833. The molecule has 0 aromatic carbocycles. The summed E-state index contributed by atoms with van der Waals surface area (Å²) in [5, 5.41) is 5.59. The Morgan fingerprint density at radius 1 is 1.29 bits per heavy atom. The van der Waals surface area contributed by atoms with Gasteiger partial charge in [0.1, 0.15) is 6.04 Å². The molecule has 2 N–H and O–H groups in total. The molecule has 5 nitrogen and oxygen atoms in total. The van der Waals surface area contributed by atoms with Crippen molar-refractivity contribution in [1.29, 1.82) is 0 Å². The number of nitrogens with zero attached hydrogens (tertiary/aromatic N) is 1. The van der Waals surface area contributed by atoms with Crippen LogP contribution in [0.15, 0.2) is 0 Å². The number of hydrogen-bond acceptors (Lipinski definition) is 3. The van der Waals surface area contributed by atoms with Crippen molar-refractivity contribution in [1.82, 2.24) is 15.5 Å². The first-order valence-electron chi connectivity index (χ1n) is 6.25. The zero-order valence-corrected chi connectivity index (χ0v) is 11.1. The third-order valence-electron chi connectivity index (χ3n) is 3.39. The number of hydrogen-bond donors (Lipinski definition) is 2. The van der Waals surface area contributed by atoms with Crippen molar-refractivity contribution in [2.45, 2.75) is 51.7 Å². The topological polar surface area (TPSA) is 61.4 Å². The van der Waals surface area contributed by atoms with Crippen LogP contribution in [0.3, 0.4) is 0 Å². The molecule has 5 heteroatoms. The van der Waals surface area contributed by atoms with Gasteiger partial charge in [-0.25, -0.2) is 0 Å². The van der Waals surface area contributed by atoms with Gasteiger partial charge in [0.2, 0.25) is 11.8 Å². The van der Waals surface area contributed by atoms with Crippen LogP contribution in [0, 0.1) is 0 Å². The Balaban J connectivity index is 2.49. The minimum atomic E-state index is -0.446. The molecule has 17 heavy (non-hydrogen) atoms. The lowest BCUT2D eigenvalue weighted by molar-refractivity contribution is -0.136. The fourth-order valence-electron chi connectivity index (χ4n) is 2.04. The molecule has 0 aliphatic carbocycles. The SMILES string of the molecule is CNC(C)C(=O)NC(C)C(=O)N1CCCC1C. The predicted molar refractivity (Wildman–Crippen MR) is 66.5 cm³/mol. The van der Waals surface area contributed by atoms with E-state index in [1.165, 1.54) is 0 Å². The van der Waals surface area contributed by atoms with E-state index >= 15 is 0 Å². The maximum absolute atomic E-state index is 12.1. The van der Waals surface area contributed by atoms with E-state index in [0.717, 1.165) is 19.4 Å². The highest BCUT2D eigenvalue weighted by Gasteiger charge is 2.29. The lowest BCUT2D eigenvalue weighted by atomic mass is 10.2. The molecule has 1 heterocycles. The first-order valence-corrected chi connectivity index (χ1v) is 6.25. The highest BCUT2D eigenvalue weighted by Crippen LogP contribution is 2.17. The smallest absolute Gasteiger partial charge is 0.245 e. The van der Waals surface area contributed by atoms with Crippen molar-refractivity contribution < 1.29 is 9.59 Å². The van der Waals surface area contributed by atoms with Crippen LogP contribution in [-0.2, 0) is 9.59 Å². The molecule has 1 saturated heterocycles. The molecule has 1 aliphatic heterocycles. The molecule has 0 bridgehead atoms. The first kappa shape index (κ1) is 14.0. The molecule has 3 unspecified atom stereocenters. The zero-order valence-electron chi connectivity index (χ0n) is 11.1. The molecule has 1 rings (SSSR count). The Kier molecular flexibility index (Phi) is 4.93. The summed E-state index contributed by atoms with van der Waals surface area (Å²) in [6, 6.07) is -0.427. The maximum atomic E-state index is 12.1. The summed E-state index contributed by atoms with van der Waals surface area (Å²) in [5.74, 6) is -0.119. The Bertz CT molecular complexity index is 293. The van der Waals surface area contributed by atoms with Gasteiger partial charge in [-0.05, 0) is 40.7 Å². The number of amides is 2. The standard InChI is InChI=1S/C12H23N3O2/c1-8-6-5-7-15(8)12(17)10(3)14-11(16)9(2)13-4/h8-10,13H,5-7H2,1-4H3,(H,14,16). The average Bonchev–Trinajstić information content (AvgIpc) is 2.73. The summed E-state index contributed by atoms with van der Waals surface area (Å²) in [6.45, 7) is 6.37. The van der Waals surface area contributed by atoms with Gasteiger partial charge in [0, 0.05) is 12.6 Å². The van der Waals surface area contributed by atoms with E-state index in [-0.39, 0.29) is 17.9 Å². The maximum Gasteiger partial charge on any atom is 0.245 e. The van der Waals surface area contributed by atoms with Crippen LogP contribution in [-0.4, -0.2) is 48.4 Å². The van der Waals surface area contributed by atoms with Crippen molar-refractivity contribution in [2.75, 3.05) is 13.6 Å². The van der Waals surface area contributed by atoms with Gasteiger partial charge in [-0.2, -0.15) is 0 Å². The largest absolute Gasteiger partial charge is 0.343 e. The summed E-state index contributed by atoms with van der Waals surface area (Å²) in [6.07, 6.45) is 2.11. The van der Waals surface area contributed by atoms with Crippen molar-refractivity contribution in [2.24, 2.45) is 0 Å². The molecule has 0 aromatic heterocycles. The van der Waals surface area contributed by atoms with Crippen molar-refractivity contribution in [3.8, 4) is 0 Å². The molecule has 98 valence electrons. The Morgan fingerprint density at radius 3 is 2.41 bits per heavy atom. The van der Waals surface area contributed by atoms with Gasteiger partial charge in [0.05, 0.1) is 6.04 Å². The summed E-state index contributed by atoms with van der Waals surface area (Å²) < 4.78 is 0. The quantitative estimate of drug-likeness (QED) is 0.734. The number of nitrogens with one attached hydrogen (secondary N) is 2. The first-order chi connectivity index (χ1) is 7.97. The third kappa shape index (κ3) is 3.43. The Morgan fingerprint density at radius 2 is 1.94 bits per heavy atom. The van der Waals surface area contributed by atoms with Gasteiger partial charge in [0.15, 0.2) is 0 Å². The molecule has 0 aromatic rings. The van der Waals surface area contributed by atoms with Crippen LogP contribution in [0.25, 0.3) is 0 Å². The van der Waals surface area contributed by atoms with E-state index < -0.39 is 6.04 Å². The van der Waals surface area contributed by atoms with E-state index in [2.05, 4.69) is 17.6 Å². The van der Waals surface area contributed by atoms with Crippen molar-refractivity contribution in [3.63, 3.8) is 0 Å². The minimum absolute atomic E-state index is 0.0200. The van der Waals surface area contributed by atoms with Gasteiger partial charge < -0.3 is 15.5 Å². The summed E-state index contributed by atoms with van der Waals surface area (Å²) >= 11 is 0. The molecule has 2 amide bonds. The Hall–Kier alpha value is -1.10. The molecule has 0 saturated carbocycles. The number of carbonyl (C=O) groups is 2. The minimum Gasteiger partial charge on any atom is -0.343 e. The number of likely N-dealkylation sites (N-methyl/N-ethyl adjacent to an activating group) is 1. The van der Waals surface area contributed by atoms with Crippen LogP contribution >= 0.6 is 0 Å². The Labute approximate surface area is 103 Å².